The average molecular weight is 414 g/mol. The molecular weight excluding hydrogens is 378 g/mol. The fourth-order valence-electron chi connectivity index (χ4n) is 3.35. The lowest BCUT2D eigenvalue weighted by Crippen LogP contribution is -2.32. The van der Waals surface area contributed by atoms with Gasteiger partial charge in [0.15, 0.2) is 0 Å². The van der Waals surface area contributed by atoms with Crippen molar-refractivity contribution in [2.45, 2.75) is 78.3 Å². The number of amides is 2. The van der Waals surface area contributed by atoms with Crippen LogP contribution in [0.15, 0.2) is 24.4 Å². The third kappa shape index (κ3) is 6.34. The van der Waals surface area contributed by atoms with Gasteiger partial charge in [-0.3, -0.25) is 9.59 Å². The molecule has 2 amide bonds. The van der Waals surface area contributed by atoms with E-state index in [9.17, 15) is 9.59 Å². The summed E-state index contributed by atoms with van der Waals surface area (Å²) in [6, 6.07) is 6.91. The molecule has 0 unspecified atom stereocenters. The van der Waals surface area contributed by atoms with Crippen molar-refractivity contribution in [2.75, 3.05) is 5.73 Å². The maximum Gasteiger partial charge on any atom is 0.256 e. The van der Waals surface area contributed by atoms with Crippen LogP contribution in [0.3, 0.4) is 0 Å². The Balaban J connectivity index is 0.000000340. The van der Waals surface area contributed by atoms with Crippen LogP contribution in [0.5, 0.6) is 0 Å². The molecule has 7 nitrogen and oxygen atoms in total. The van der Waals surface area contributed by atoms with E-state index in [1.807, 2.05) is 45.9 Å². The molecule has 0 bridgehead atoms. The third-order valence-corrected chi connectivity index (χ3v) is 5.22. The fraction of sp³-hybridized carbons (Fsp3) is 0.522. The van der Waals surface area contributed by atoms with E-state index in [4.69, 9.17) is 5.73 Å². The van der Waals surface area contributed by atoms with Gasteiger partial charge in [-0.05, 0) is 56.7 Å². The third-order valence-electron chi connectivity index (χ3n) is 5.22. The zero-order valence-electron chi connectivity index (χ0n) is 18.6. The minimum absolute atomic E-state index is 0.124. The number of anilines is 1. The van der Waals surface area contributed by atoms with Crippen molar-refractivity contribution in [3.05, 3.63) is 41.1 Å². The number of nitrogen functional groups attached to an aromatic ring is 1. The largest absolute Gasteiger partial charge is 0.383 e. The van der Waals surface area contributed by atoms with E-state index in [-0.39, 0.29) is 11.9 Å². The van der Waals surface area contributed by atoms with Gasteiger partial charge < -0.3 is 16.4 Å². The molecule has 4 rings (SSSR count). The molecular formula is C23H35N5O2. The molecule has 2 saturated carbocycles. The summed E-state index contributed by atoms with van der Waals surface area (Å²) in [5, 5.41) is 10.0. The molecule has 0 atom stereocenters. The second-order valence-corrected chi connectivity index (χ2v) is 7.66. The molecule has 164 valence electrons. The highest BCUT2D eigenvalue weighted by molar-refractivity contribution is 5.98. The van der Waals surface area contributed by atoms with Crippen molar-refractivity contribution in [3.8, 4) is 5.69 Å². The van der Waals surface area contributed by atoms with Gasteiger partial charge >= 0.3 is 0 Å². The van der Waals surface area contributed by atoms with Crippen molar-refractivity contribution in [1.29, 1.82) is 0 Å². The minimum atomic E-state index is -0.124. The number of carbonyl (C=O) groups is 2. The molecule has 2 fully saturated rings. The van der Waals surface area contributed by atoms with Gasteiger partial charge in [0.05, 0.1) is 11.9 Å². The Morgan fingerprint density at radius 3 is 2.37 bits per heavy atom. The van der Waals surface area contributed by atoms with Crippen LogP contribution in [0, 0.1) is 13.8 Å². The predicted octanol–water partition coefficient (Wildman–Crippen LogP) is 3.66. The van der Waals surface area contributed by atoms with Gasteiger partial charge in [0.2, 0.25) is 6.41 Å². The molecule has 0 aliphatic heterocycles. The predicted molar refractivity (Wildman–Crippen MR) is 121 cm³/mol. The van der Waals surface area contributed by atoms with Crippen LogP contribution in [-0.4, -0.2) is 34.2 Å². The van der Waals surface area contributed by atoms with Crippen molar-refractivity contribution in [1.82, 2.24) is 20.4 Å². The van der Waals surface area contributed by atoms with Crippen LogP contribution in [0.2, 0.25) is 0 Å². The topological polar surface area (TPSA) is 102 Å². The average Bonchev–Trinajstić information content (AvgIpc) is 3.26. The number of nitrogens with two attached hydrogens (primary N) is 1. The van der Waals surface area contributed by atoms with E-state index in [0.717, 1.165) is 36.1 Å². The van der Waals surface area contributed by atoms with Crippen LogP contribution < -0.4 is 16.4 Å². The Morgan fingerprint density at radius 2 is 1.80 bits per heavy atom. The number of aromatic nitrogens is 2. The van der Waals surface area contributed by atoms with E-state index in [1.54, 1.807) is 10.9 Å². The monoisotopic (exact) mass is 413 g/mol. The summed E-state index contributed by atoms with van der Waals surface area (Å²) in [5.41, 5.74) is 9.74. The fourth-order valence-corrected chi connectivity index (χ4v) is 3.35. The highest BCUT2D eigenvalue weighted by Gasteiger charge is 2.22. The van der Waals surface area contributed by atoms with Crippen LogP contribution in [0.1, 0.15) is 73.9 Å². The van der Waals surface area contributed by atoms with Crippen LogP contribution in [0.25, 0.3) is 5.69 Å². The number of rotatable bonds is 5. The first-order chi connectivity index (χ1) is 14.5. The van der Waals surface area contributed by atoms with Crippen molar-refractivity contribution >= 4 is 18.1 Å². The van der Waals surface area contributed by atoms with Gasteiger partial charge in [-0.15, -0.1) is 0 Å². The van der Waals surface area contributed by atoms with E-state index in [2.05, 4.69) is 15.7 Å². The van der Waals surface area contributed by atoms with Crippen LogP contribution in [-0.2, 0) is 4.79 Å². The van der Waals surface area contributed by atoms with Gasteiger partial charge in [-0.25, -0.2) is 4.68 Å². The molecule has 0 radical (unpaired) electrons. The number of hydrogen-bond donors (Lipinski definition) is 3. The molecule has 7 heteroatoms. The number of carbonyl (C=O) groups excluding carboxylic acids is 2. The van der Waals surface area contributed by atoms with E-state index in [0.29, 0.717) is 17.4 Å². The Labute approximate surface area is 179 Å². The first-order valence-electron chi connectivity index (χ1n) is 10.9. The normalized spacial score (nSPS) is 15.3. The quantitative estimate of drug-likeness (QED) is 0.651. The molecule has 0 spiro atoms. The summed E-state index contributed by atoms with van der Waals surface area (Å²) in [4.78, 5) is 21.9. The lowest BCUT2D eigenvalue weighted by molar-refractivity contribution is -0.109. The first kappa shape index (κ1) is 23.4. The molecule has 0 saturated heterocycles. The smallest absolute Gasteiger partial charge is 0.256 e. The second-order valence-electron chi connectivity index (χ2n) is 7.66. The zero-order valence-corrected chi connectivity index (χ0v) is 18.6. The van der Waals surface area contributed by atoms with Gasteiger partial charge in [-0.2, -0.15) is 5.10 Å². The Kier molecular flexibility index (Phi) is 8.89. The summed E-state index contributed by atoms with van der Waals surface area (Å²) in [7, 11) is 0. The number of hydrogen-bond acceptors (Lipinski definition) is 4. The SMILES string of the molecule is CC.Cc1ccc(C)c(-n2ncc(C(=O)NC3CCCC3)c2N)c1.O=CNC1CC1. The van der Waals surface area contributed by atoms with Crippen molar-refractivity contribution < 1.29 is 9.59 Å². The summed E-state index contributed by atoms with van der Waals surface area (Å²) < 4.78 is 1.64. The maximum atomic E-state index is 12.4. The maximum absolute atomic E-state index is 12.4. The lowest BCUT2D eigenvalue weighted by atomic mass is 10.1. The highest BCUT2D eigenvalue weighted by atomic mass is 16.1. The molecule has 1 aromatic heterocycles. The summed E-state index contributed by atoms with van der Waals surface area (Å²) in [5.74, 6) is 0.269. The van der Waals surface area contributed by atoms with Crippen LogP contribution in [0.4, 0.5) is 5.82 Å². The number of nitrogens with zero attached hydrogens (tertiary/aromatic N) is 2. The molecule has 4 N–H and O–H groups in total. The summed E-state index contributed by atoms with van der Waals surface area (Å²) in [6.45, 7) is 8.03. The highest BCUT2D eigenvalue weighted by Crippen LogP contribution is 2.23. The van der Waals surface area contributed by atoms with Gasteiger partial charge in [0.1, 0.15) is 11.4 Å². The van der Waals surface area contributed by atoms with E-state index in [1.165, 1.54) is 25.7 Å². The van der Waals surface area contributed by atoms with Gasteiger partial charge in [0, 0.05) is 12.1 Å². The van der Waals surface area contributed by atoms with E-state index < -0.39 is 0 Å². The summed E-state index contributed by atoms with van der Waals surface area (Å²) >= 11 is 0. The van der Waals surface area contributed by atoms with Gasteiger partial charge in [0.25, 0.3) is 5.91 Å². The Morgan fingerprint density at radius 1 is 1.13 bits per heavy atom. The molecule has 2 aromatic rings. The van der Waals surface area contributed by atoms with Crippen molar-refractivity contribution in [3.63, 3.8) is 0 Å². The zero-order chi connectivity index (χ0) is 22.1. The molecule has 30 heavy (non-hydrogen) atoms. The molecule has 1 aromatic carbocycles. The lowest BCUT2D eigenvalue weighted by Gasteiger charge is -2.12. The Hall–Kier alpha value is -2.83. The van der Waals surface area contributed by atoms with E-state index >= 15 is 0 Å². The van der Waals surface area contributed by atoms with Gasteiger partial charge in [-0.1, -0.05) is 38.8 Å². The first-order valence-corrected chi connectivity index (χ1v) is 10.9. The molecule has 2 aliphatic rings. The van der Waals surface area contributed by atoms with Crippen LogP contribution >= 0.6 is 0 Å². The standard InChI is InChI=1S/C17H22N4O.C4H7NO.C2H6/c1-11-7-8-12(2)15(9-11)21-16(18)14(10-19-21)17(22)20-13-5-3-4-6-13;6-3-5-4-1-2-4;1-2/h7-10,13H,3-6,18H2,1-2H3,(H,20,22);3-4H,1-2H2,(H,5,6);1-2H3. The number of benzene rings is 1. The molecule has 2 aliphatic carbocycles. The Bertz CT molecular complexity index is 836. The number of aryl methyl sites for hydroxylation is 2. The second kappa shape index (κ2) is 11.4. The minimum Gasteiger partial charge on any atom is -0.383 e. The number of nitrogens with one attached hydrogen (secondary N) is 2. The summed E-state index contributed by atoms with van der Waals surface area (Å²) in [6.07, 6.45) is 9.15. The molecule has 1 heterocycles. The van der Waals surface area contributed by atoms with Crippen molar-refractivity contribution in [2.24, 2.45) is 0 Å².